The topological polar surface area (TPSA) is 50.6 Å². The van der Waals surface area contributed by atoms with Crippen LogP contribution < -0.4 is 15.2 Å². The molecule has 35 heavy (non-hydrogen) atoms. The average molecular weight is 479 g/mol. The van der Waals surface area contributed by atoms with Gasteiger partial charge in [0.1, 0.15) is 17.3 Å². The fourth-order valence-corrected chi connectivity index (χ4v) is 4.86. The number of nitrogens with zero attached hydrogens (tertiary/aromatic N) is 4. The van der Waals surface area contributed by atoms with E-state index in [1.807, 2.05) is 18.3 Å². The number of hydrogen-bond acceptors (Lipinski definition) is 5. The average Bonchev–Trinajstić information content (AvgIpc) is 3.07. The maximum Gasteiger partial charge on any atom is 0.316 e. The van der Waals surface area contributed by atoms with Crippen molar-refractivity contribution in [2.75, 3.05) is 31.1 Å². The Balaban J connectivity index is 1.50. The Kier molecular flexibility index (Phi) is 6.53. The number of hydrogen-bond donors (Lipinski definition) is 0. The van der Waals surface area contributed by atoms with Crippen molar-refractivity contribution < 1.29 is 13.5 Å². The Morgan fingerprint density at radius 2 is 1.60 bits per heavy atom. The number of ether oxygens (including phenoxy) is 1. The van der Waals surface area contributed by atoms with Gasteiger partial charge in [-0.05, 0) is 55.1 Å². The van der Waals surface area contributed by atoms with Crippen molar-refractivity contribution in [1.29, 1.82) is 0 Å². The molecule has 0 atom stereocenters. The van der Waals surface area contributed by atoms with Crippen LogP contribution in [0.15, 0.2) is 66.2 Å². The third kappa shape index (κ3) is 4.92. The summed E-state index contributed by atoms with van der Waals surface area (Å²) in [5.41, 5.74) is 2.71. The Morgan fingerprint density at radius 1 is 0.971 bits per heavy atom. The molecule has 0 unspecified atom stereocenters. The number of benzene rings is 2. The highest BCUT2D eigenvalue weighted by atomic mass is 19.1. The van der Waals surface area contributed by atoms with E-state index in [-0.39, 0.29) is 17.5 Å². The number of piperazine rings is 1. The van der Waals surface area contributed by atoms with Gasteiger partial charge in [-0.3, -0.25) is 4.79 Å². The summed E-state index contributed by atoms with van der Waals surface area (Å²) in [5.74, 6) is -1.38. The fraction of sp³-hybridized carbons (Fsp3) is 0.333. The minimum absolute atomic E-state index is 0.0219. The van der Waals surface area contributed by atoms with Gasteiger partial charge in [-0.1, -0.05) is 30.8 Å². The van der Waals surface area contributed by atoms with Crippen molar-refractivity contribution >= 4 is 5.69 Å². The van der Waals surface area contributed by atoms with Crippen molar-refractivity contribution in [2.45, 2.75) is 31.8 Å². The largest absolute Gasteiger partial charge is 0.483 e. The summed E-state index contributed by atoms with van der Waals surface area (Å²) in [5, 5.41) is 4.27. The molecule has 1 saturated heterocycles. The molecular formula is C27H28F2N4O2. The van der Waals surface area contributed by atoms with Gasteiger partial charge in [-0.2, -0.15) is 9.78 Å². The summed E-state index contributed by atoms with van der Waals surface area (Å²) in [6.07, 6.45) is 6.49. The van der Waals surface area contributed by atoms with Crippen LogP contribution in [0.1, 0.15) is 24.0 Å². The Labute approximate surface area is 203 Å². The Hall–Kier alpha value is -3.68. The molecule has 0 amide bonds. The van der Waals surface area contributed by atoms with E-state index in [1.165, 1.54) is 11.1 Å². The molecule has 0 spiro atoms. The van der Waals surface area contributed by atoms with Gasteiger partial charge in [0.05, 0.1) is 18.0 Å². The molecule has 6 nitrogen and oxygen atoms in total. The first-order valence-electron chi connectivity index (χ1n) is 12.0. The zero-order chi connectivity index (χ0) is 24.4. The van der Waals surface area contributed by atoms with Crippen LogP contribution in [0.25, 0.3) is 5.69 Å². The second-order valence-corrected chi connectivity index (χ2v) is 9.00. The molecule has 2 heterocycles. The number of anilines is 1. The second kappa shape index (κ2) is 9.90. The third-order valence-electron chi connectivity index (χ3n) is 6.79. The van der Waals surface area contributed by atoms with Crippen molar-refractivity contribution in [3.05, 3.63) is 94.6 Å². The van der Waals surface area contributed by atoms with Crippen molar-refractivity contribution in [3.63, 3.8) is 0 Å². The molecule has 0 radical (unpaired) electrons. The molecule has 2 aromatic carbocycles. The summed E-state index contributed by atoms with van der Waals surface area (Å²) >= 11 is 0. The SMILES string of the molecule is C=CN1CCN(c2cnn(-c3cc(F)cc(F)c3)c(=O)c2OC2CCc3ccccc3CC2)CC1. The van der Waals surface area contributed by atoms with Crippen LogP contribution in [0.5, 0.6) is 5.75 Å². The monoisotopic (exact) mass is 478 g/mol. The molecular weight excluding hydrogens is 450 g/mol. The number of rotatable bonds is 5. The quantitative estimate of drug-likeness (QED) is 0.517. The minimum Gasteiger partial charge on any atom is -0.483 e. The lowest BCUT2D eigenvalue weighted by atomic mass is 10.0. The van der Waals surface area contributed by atoms with Gasteiger partial charge in [-0.15, -0.1) is 0 Å². The van der Waals surface area contributed by atoms with Gasteiger partial charge >= 0.3 is 5.56 Å². The van der Waals surface area contributed by atoms with Crippen LogP contribution in [0.2, 0.25) is 0 Å². The van der Waals surface area contributed by atoms with E-state index in [2.05, 4.69) is 33.6 Å². The molecule has 0 N–H and O–H groups in total. The van der Waals surface area contributed by atoms with Crippen LogP contribution in [0, 0.1) is 11.6 Å². The highest BCUT2D eigenvalue weighted by Gasteiger charge is 2.26. The fourth-order valence-electron chi connectivity index (χ4n) is 4.86. The predicted molar refractivity (Wildman–Crippen MR) is 131 cm³/mol. The van der Waals surface area contributed by atoms with E-state index in [0.717, 1.165) is 61.7 Å². The Bertz CT molecular complexity index is 1240. The highest BCUT2D eigenvalue weighted by Crippen LogP contribution is 2.30. The summed E-state index contributed by atoms with van der Waals surface area (Å²) in [7, 11) is 0. The maximum absolute atomic E-state index is 13.9. The van der Waals surface area contributed by atoms with Gasteiger partial charge < -0.3 is 14.5 Å². The van der Waals surface area contributed by atoms with Gasteiger partial charge in [0.25, 0.3) is 0 Å². The van der Waals surface area contributed by atoms with Gasteiger partial charge in [-0.25, -0.2) is 8.78 Å². The number of fused-ring (bicyclic) bond motifs is 1. The Morgan fingerprint density at radius 3 is 2.20 bits per heavy atom. The molecule has 5 rings (SSSR count). The lowest BCUT2D eigenvalue weighted by molar-refractivity contribution is 0.181. The lowest BCUT2D eigenvalue weighted by Gasteiger charge is -2.36. The maximum atomic E-state index is 13.9. The highest BCUT2D eigenvalue weighted by molar-refractivity contribution is 5.57. The first kappa shape index (κ1) is 23.1. The predicted octanol–water partition coefficient (Wildman–Crippen LogP) is 4.10. The second-order valence-electron chi connectivity index (χ2n) is 9.00. The summed E-state index contributed by atoms with van der Waals surface area (Å²) in [6.45, 7) is 6.72. The normalized spacial score (nSPS) is 16.5. The molecule has 0 bridgehead atoms. The smallest absolute Gasteiger partial charge is 0.316 e. The van der Waals surface area contributed by atoms with Crippen LogP contribution in [-0.4, -0.2) is 47.0 Å². The third-order valence-corrected chi connectivity index (χ3v) is 6.79. The molecule has 1 fully saturated rings. The van der Waals surface area contributed by atoms with E-state index in [0.29, 0.717) is 18.8 Å². The van der Waals surface area contributed by atoms with Crippen LogP contribution >= 0.6 is 0 Å². The van der Waals surface area contributed by atoms with E-state index < -0.39 is 17.2 Å². The van der Waals surface area contributed by atoms with Crippen LogP contribution in [-0.2, 0) is 12.8 Å². The van der Waals surface area contributed by atoms with Crippen molar-refractivity contribution in [3.8, 4) is 11.4 Å². The first-order chi connectivity index (χ1) is 17.0. The van der Waals surface area contributed by atoms with E-state index in [1.54, 1.807) is 6.20 Å². The molecule has 3 aromatic rings. The van der Waals surface area contributed by atoms with Gasteiger partial charge in [0.15, 0.2) is 0 Å². The molecule has 2 aliphatic rings. The van der Waals surface area contributed by atoms with Gasteiger partial charge in [0, 0.05) is 32.2 Å². The zero-order valence-electron chi connectivity index (χ0n) is 19.5. The zero-order valence-corrected chi connectivity index (χ0v) is 19.5. The summed E-state index contributed by atoms with van der Waals surface area (Å²) in [6, 6.07) is 11.3. The summed E-state index contributed by atoms with van der Waals surface area (Å²) in [4.78, 5) is 17.8. The molecule has 0 saturated carbocycles. The van der Waals surface area contributed by atoms with Crippen molar-refractivity contribution in [1.82, 2.24) is 14.7 Å². The number of halogens is 2. The lowest BCUT2D eigenvalue weighted by Crippen LogP contribution is -2.45. The summed E-state index contributed by atoms with van der Waals surface area (Å²) < 4.78 is 35.2. The minimum atomic E-state index is -0.776. The molecule has 8 heteroatoms. The van der Waals surface area contributed by atoms with Gasteiger partial charge in [0.2, 0.25) is 5.75 Å². The van der Waals surface area contributed by atoms with Crippen molar-refractivity contribution in [2.24, 2.45) is 0 Å². The standard InChI is InChI=1S/C27H28F2N4O2/c1-2-31-11-13-32(14-12-31)25-18-30-33(23-16-21(28)15-22(29)17-23)27(34)26(25)35-24-9-7-19-5-3-4-6-20(19)8-10-24/h2-6,15-18,24H,1,7-14H2. The number of aromatic nitrogens is 2. The van der Waals surface area contributed by atoms with E-state index in [4.69, 9.17) is 4.74 Å². The van der Waals surface area contributed by atoms with Crippen LogP contribution in [0.3, 0.4) is 0 Å². The number of aryl methyl sites for hydroxylation is 2. The van der Waals surface area contributed by atoms with Crippen LogP contribution in [0.4, 0.5) is 14.5 Å². The van der Waals surface area contributed by atoms with E-state index >= 15 is 0 Å². The van der Waals surface area contributed by atoms with E-state index in [9.17, 15) is 13.6 Å². The molecule has 182 valence electrons. The molecule has 1 aliphatic carbocycles. The molecule has 1 aromatic heterocycles. The molecule has 1 aliphatic heterocycles. The first-order valence-corrected chi connectivity index (χ1v) is 12.0.